The van der Waals surface area contributed by atoms with Crippen LogP contribution in [-0.2, 0) is 17.9 Å². The van der Waals surface area contributed by atoms with Crippen molar-refractivity contribution in [1.82, 2.24) is 25.4 Å². The standard InChI is InChI=1S/C50H52ClN5O7/c51-39-11-4-7-34(27-39)30-56(24-6-23-52-29-44(58)41-17-19-43(57)48-42(41)18-20-46(59)53-48)49(60)37-15-13-33(14-16-37)32-62-40-12-5-10-38(28-40)47(36-8-2-1-3-9-36)54-50(61)63-45-31-55-25-21-35(45)22-26-55/h1-5,7-20,27-28,35,44-45,47,52,57-58H,6,21-26,29-32H2,(H,53,59)(H,54,61)/t44?,45?,47-/m0/s1. The number of H-pyrrole nitrogens is 1. The number of nitrogens with zero attached hydrogens (tertiary/aromatic N) is 2. The van der Waals surface area contributed by atoms with Crippen molar-refractivity contribution in [3.63, 3.8) is 0 Å². The molecule has 3 aliphatic heterocycles. The molecule has 0 saturated carbocycles. The Morgan fingerprint density at radius 3 is 2.41 bits per heavy atom. The molecule has 0 aliphatic carbocycles. The van der Waals surface area contributed by atoms with E-state index < -0.39 is 18.2 Å². The van der Waals surface area contributed by atoms with Crippen molar-refractivity contribution in [2.24, 2.45) is 5.92 Å². The molecule has 4 heterocycles. The number of carbonyl (C=O) groups is 2. The number of amides is 2. The largest absolute Gasteiger partial charge is 0.506 e. The molecule has 3 aliphatic rings. The third kappa shape index (κ3) is 11.1. The number of carbonyl (C=O) groups excluding carboxylic acids is 2. The molecule has 3 atom stereocenters. The molecule has 12 nitrogen and oxygen atoms in total. The van der Waals surface area contributed by atoms with Crippen LogP contribution in [0.4, 0.5) is 4.79 Å². The minimum absolute atomic E-state index is 0.0672. The van der Waals surface area contributed by atoms with Crippen LogP contribution in [0.5, 0.6) is 11.5 Å². The summed E-state index contributed by atoms with van der Waals surface area (Å²) in [6.07, 6.45) is 1.30. The average molecular weight is 870 g/mol. The Kier molecular flexibility index (Phi) is 14.0. The number of phenolic OH excluding ortho intramolecular Hbond substituents is 1. The number of benzene rings is 5. The van der Waals surface area contributed by atoms with E-state index in [2.05, 4.69) is 20.5 Å². The number of hydrogen-bond donors (Lipinski definition) is 5. The predicted molar refractivity (Wildman–Crippen MR) is 243 cm³/mol. The van der Waals surface area contributed by atoms with Gasteiger partial charge in [-0.15, -0.1) is 0 Å². The third-order valence-electron chi connectivity index (χ3n) is 12.0. The highest BCUT2D eigenvalue weighted by molar-refractivity contribution is 6.30. The Labute approximate surface area is 371 Å². The van der Waals surface area contributed by atoms with Gasteiger partial charge in [-0.25, -0.2) is 4.79 Å². The molecule has 3 fully saturated rings. The Hall–Kier alpha value is -6.18. The number of alkyl carbamates (subject to hydrolysis) is 1. The zero-order valence-corrected chi connectivity index (χ0v) is 35.7. The van der Waals surface area contributed by atoms with Gasteiger partial charge in [0, 0.05) is 48.2 Å². The SMILES string of the molecule is O=C(N[C@@H](c1ccccc1)c1cccc(OCc2ccc(C(=O)N(CCCNCC(O)c3ccc(O)c4[nH]c(=O)ccc34)Cc3cccc(Cl)c3)cc2)c1)OC1CN2CCC1CC2. The zero-order chi connectivity index (χ0) is 43.7. The first-order chi connectivity index (χ1) is 30.7. The van der Waals surface area contributed by atoms with Crippen LogP contribution in [0.15, 0.2) is 132 Å². The average Bonchev–Trinajstić information content (AvgIpc) is 3.30. The molecule has 6 aromatic rings. The fourth-order valence-corrected chi connectivity index (χ4v) is 8.83. The maximum Gasteiger partial charge on any atom is 0.408 e. The molecule has 5 N–H and O–H groups in total. The number of aromatic nitrogens is 1. The topological polar surface area (TPSA) is 156 Å². The van der Waals surface area contributed by atoms with E-state index in [-0.39, 0.29) is 42.0 Å². The van der Waals surface area contributed by atoms with Crippen molar-refractivity contribution in [1.29, 1.82) is 0 Å². The summed E-state index contributed by atoms with van der Waals surface area (Å²) in [5.41, 5.74) is 4.62. The van der Waals surface area contributed by atoms with Crippen LogP contribution in [0.25, 0.3) is 10.9 Å². The van der Waals surface area contributed by atoms with Crippen LogP contribution in [0.3, 0.4) is 0 Å². The van der Waals surface area contributed by atoms with Gasteiger partial charge in [0.15, 0.2) is 0 Å². The smallest absolute Gasteiger partial charge is 0.408 e. The summed E-state index contributed by atoms with van der Waals surface area (Å²) in [5, 5.41) is 28.8. The lowest BCUT2D eigenvalue weighted by Crippen LogP contribution is -2.52. The number of aliphatic hydroxyl groups is 1. The molecule has 0 spiro atoms. The van der Waals surface area contributed by atoms with Gasteiger partial charge in [-0.05, 0) is 121 Å². The zero-order valence-electron chi connectivity index (χ0n) is 34.9. The summed E-state index contributed by atoms with van der Waals surface area (Å²) >= 11 is 6.31. The second kappa shape index (κ2) is 20.3. The number of fused-ring (bicyclic) bond motifs is 4. The molecule has 5 aromatic carbocycles. The third-order valence-corrected chi connectivity index (χ3v) is 12.2. The molecule has 0 radical (unpaired) electrons. The summed E-state index contributed by atoms with van der Waals surface area (Å²) in [6, 6.07) is 38.0. The lowest BCUT2D eigenvalue weighted by atomic mass is 9.86. The first-order valence-electron chi connectivity index (χ1n) is 21.5. The van der Waals surface area contributed by atoms with Crippen molar-refractivity contribution in [3.05, 3.63) is 176 Å². The fraction of sp³-hybridized carbons (Fsp3) is 0.300. The van der Waals surface area contributed by atoms with Crippen molar-refractivity contribution in [3.8, 4) is 11.5 Å². The number of aromatic amines is 1. The quantitative estimate of drug-likeness (QED) is 0.0579. The minimum Gasteiger partial charge on any atom is -0.506 e. The van der Waals surface area contributed by atoms with Crippen molar-refractivity contribution < 1.29 is 29.3 Å². The molecule has 1 aromatic heterocycles. The highest BCUT2D eigenvalue weighted by Crippen LogP contribution is 2.32. The predicted octanol–water partition coefficient (Wildman–Crippen LogP) is 7.73. The lowest BCUT2D eigenvalue weighted by Gasteiger charge is -2.43. The van der Waals surface area contributed by atoms with Crippen LogP contribution in [0.2, 0.25) is 5.02 Å². The molecular formula is C50H52ClN5O7. The molecule has 2 bridgehead atoms. The Bertz CT molecular complexity index is 2560. The van der Waals surface area contributed by atoms with Gasteiger partial charge in [0.25, 0.3) is 5.91 Å². The monoisotopic (exact) mass is 869 g/mol. The highest BCUT2D eigenvalue weighted by Gasteiger charge is 2.37. The normalized spacial score (nSPS) is 17.8. The molecule has 326 valence electrons. The molecule has 13 heteroatoms. The second-order valence-electron chi connectivity index (χ2n) is 16.3. The number of aromatic hydroxyl groups is 1. The maximum atomic E-state index is 14.0. The van der Waals surface area contributed by atoms with E-state index >= 15 is 0 Å². The number of aliphatic hydroxyl groups excluding tert-OH is 1. The highest BCUT2D eigenvalue weighted by atomic mass is 35.5. The van der Waals surface area contributed by atoms with E-state index in [0.29, 0.717) is 59.3 Å². The van der Waals surface area contributed by atoms with E-state index in [9.17, 15) is 24.6 Å². The summed E-state index contributed by atoms with van der Waals surface area (Å²) in [4.78, 5) is 45.9. The number of phenols is 1. The number of pyridine rings is 1. The van der Waals surface area contributed by atoms with Crippen molar-refractivity contribution >= 4 is 34.5 Å². The lowest BCUT2D eigenvalue weighted by molar-refractivity contribution is -0.0336. The maximum absolute atomic E-state index is 14.0. The van der Waals surface area contributed by atoms with Crippen LogP contribution >= 0.6 is 11.6 Å². The summed E-state index contributed by atoms with van der Waals surface area (Å²) < 4.78 is 12.3. The summed E-state index contributed by atoms with van der Waals surface area (Å²) in [5.74, 6) is 0.849. The van der Waals surface area contributed by atoms with E-state index in [4.69, 9.17) is 21.1 Å². The molecular weight excluding hydrogens is 818 g/mol. The molecule has 2 unspecified atom stereocenters. The van der Waals surface area contributed by atoms with Crippen molar-refractivity contribution in [2.45, 2.75) is 50.7 Å². The first kappa shape index (κ1) is 43.5. The van der Waals surface area contributed by atoms with E-state index in [1.165, 1.54) is 12.1 Å². The van der Waals surface area contributed by atoms with Gasteiger partial charge in [0.1, 0.15) is 24.2 Å². The fourth-order valence-electron chi connectivity index (χ4n) is 8.62. The summed E-state index contributed by atoms with van der Waals surface area (Å²) in [7, 11) is 0. The van der Waals surface area contributed by atoms with E-state index in [0.717, 1.165) is 54.7 Å². The van der Waals surface area contributed by atoms with Gasteiger partial charge < -0.3 is 40.2 Å². The number of nitrogens with one attached hydrogen (secondary N) is 3. The number of rotatable bonds is 17. The Morgan fingerprint density at radius 1 is 0.873 bits per heavy atom. The van der Waals surface area contributed by atoms with Gasteiger partial charge in [-0.3, -0.25) is 14.5 Å². The number of halogens is 1. The van der Waals surface area contributed by atoms with Crippen LogP contribution < -0.4 is 20.9 Å². The van der Waals surface area contributed by atoms with Crippen LogP contribution in [-0.4, -0.2) is 82.4 Å². The van der Waals surface area contributed by atoms with Gasteiger partial charge in [-0.2, -0.15) is 0 Å². The van der Waals surface area contributed by atoms with E-state index in [1.54, 1.807) is 23.1 Å². The Balaban J connectivity index is 0.878. The number of hydrogen-bond acceptors (Lipinski definition) is 9. The minimum atomic E-state index is -0.895. The van der Waals surface area contributed by atoms with E-state index in [1.807, 2.05) is 97.1 Å². The summed E-state index contributed by atoms with van der Waals surface area (Å²) in [6.45, 7) is 4.74. The second-order valence-corrected chi connectivity index (χ2v) is 16.8. The van der Waals surface area contributed by atoms with Crippen molar-refractivity contribution in [2.75, 3.05) is 39.3 Å². The van der Waals surface area contributed by atoms with Gasteiger partial charge in [0.05, 0.1) is 17.7 Å². The molecule has 9 rings (SSSR count). The first-order valence-corrected chi connectivity index (χ1v) is 21.9. The molecule has 2 amide bonds. The molecule has 3 saturated heterocycles. The Morgan fingerprint density at radius 2 is 1.65 bits per heavy atom. The van der Waals surface area contributed by atoms with Crippen LogP contribution in [0, 0.1) is 5.92 Å². The van der Waals surface area contributed by atoms with Gasteiger partial charge in [-0.1, -0.05) is 84.4 Å². The van der Waals surface area contributed by atoms with Gasteiger partial charge in [0.2, 0.25) is 5.56 Å². The number of ether oxygens (including phenoxy) is 2. The molecule has 63 heavy (non-hydrogen) atoms. The van der Waals surface area contributed by atoms with Crippen LogP contribution in [0.1, 0.15) is 69.6 Å². The van der Waals surface area contributed by atoms with Gasteiger partial charge >= 0.3 is 6.09 Å². The number of piperidine rings is 3.